The Balaban J connectivity index is 1.42. The van der Waals surface area contributed by atoms with Crippen molar-refractivity contribution >= 4 is 22.8 Å². The SMILES string of the molecule is N=C1C(N)=Nc2cc(-c3cc[nH]n3)ccc2/C1=C/NCCCOc1ccccn1. The van der Waals surface area contributed by atoms with Crippen molar-refractivity contribution in [3.05, 3.63) is 66.6 Å². The predicted octanol–water partition coefficient (Wildman–Crippen LogP) is 2.89. The molecule has 0 amide bonds. The number of pyridine rings is 1. The summed E-state index contributed by atoms with van der Waals surface area (Å²) >= 11 is 0. The maximum Gasteiger partial charge on any atom is 0.213 e. The van der Waals surface area contributed by atoms with Crippen molar-refractivity contribution in [3.63, 3.8) is 0 Å². The molecule has 0 atom stereocenters. The number of aliphatic imine (C=N–C) groups is 1. The molecule has 0 fully saturated rings. The maximum atomic E-state index is 8.29. The topological polar surface area (TPSA) is 125 Å². The third-order valence-corrected chi connectivity index (χ3v) is 4.45. The average Bonchev–Trinajstić information content (AvgIpc) is 3.28. The smallest absolute Gasteiger partial charge is 0.213 e. The number of nitrogens with zero attached hydrogens (tertiary/aromatic N) is 3. The first-order chi connectivity index (χ1) is 14.2. The van der Waals surface area contributed by atoms with E-state index < -0.39 is 0 Å². The molecule has 1 aliphatic heterocycles. The van der Waals surface area contributed by atoms with Gasteiger partial charge in [0.05, 0.1) is 18.0 Å². The molecular formula is C21H21N7O. The molecule has 29 heavy (non-hydrogen) atoms. The molecule has 0 saturated carbocycles. The lowest BCUT2D eigenvalue weighted by Crippen LogP contribution is -2.27. The van der Waals surface area contributed by atoms with Crippen molar-refractivity contribution in [1.82, 2.24) is 20.5 Å². The minimum Gasteiger partial charge on any atom is -0.478 e. The van der Waals surface area contributed by atoms with Crippen molar-refractivity contribution in [3.8, 4) is 17.1 Å². The van der Waals surface area contributed by atoms with Crippen molar-refractivity contribution in [2.45, 2.75) is 6.42 Å². The van der Waals surface area contributed by atoms with Crippen LogP contribution in [-0.2, 0) is 0 Å². The molecule has 0 radical (unpaired) electrons. The minimum atomic E-state index is 0.197. The molecule has 8 nitrogen and oxygen atoms in total. The van der Waals surface area contributed by atoms with Crippen LogP contribution in [0.5, 0.6) is 5.88 Å². The first kappa shape index (κ1) is 18.4. The minimum absolute atomic E-state index is 0.197. The number of amidine groups is 1. The Morgan fingerprint density at radius 1 is 1.21 bits per heavy atom. The average molecular weight is 387 g/mol. The van der Waals surface area contributed by atoms with Gasteiger partial charge in [-0.3, -0.25) is 10.5 Å². The fourth-order valence-electron chi connectivity index (χ4n) is 3.00. The van der Waals surface area contributed by atoms with Gasteiger partial charge in [-0.15, -0.1) is 0 Å². The summed E-state index contributed by atoms with van der Waals surface area (Å²) in [4.78, 5) is 8.50. The van der Waals surface area contributed by atoms with E-state index >= 15 is 0 Å². The van der Waals surface area contributed by atoms with E-state index in [1.165, 1.54) is 0 Å². The molecule has 0 bridgehead atoms. The van der Waals surface area contributed by atoms with Crippen LogP contribution in [0.3, 0.4) is 0 Å². The van der Waals surface area contributed by atoms with Gasteiger partial charge in [0, 0.05) is 47.9 Å². The Morgan fingerprint density at radius 3 is 2.93 bits per heavy atom. The summed E-state index contributed by atoms with van der Waals surface area (Å²) in [6.07, 6.45) is 6.09. The number of H-pyrrole nitrogens is 1. The van der Waals surface area contributed by atoms with E-state index in [1.54, 1.807) is 12.4 Å². The third-order valence-electron chi connectivity index (χ3n) is 4.45. The van der Waals surface area contributed by atoms with Gasteiger partial charge in [0.25, 0.3) is 0 Å². The van der Waals surface area contributed by atoms with Crippen LogP contribution in [0.4, 0.5) is 5.69 Å². The van der Waals surface area contributed by atoms with E-state index in [0.29, 0.717) is 24.6 Å². The summed E-state index contributed by atoms with van der Waals surface area (Å²) in [5.74, 6) is 0.814. The predicted molar refractivity (Wildman–Crippen MR) is 113 cm³/mol. The fourth-order valence-corrected chi connectivity index (χ4v) is 3.00. The van der Waals surface area contributed by atoms with Crippen molar-refractivity contribution in [2.75, 3.05) is 13.2 Å². The summed E-state index contributed by atoms with van der Waals surface area (Å²) in [5.41, 5.74) is 10.3. The number of ether oxygens (including phenoxy) is 1. The molecule has 0 unspecified atom stereocenters. The largest absolute Gasteiger partial charge is 0.478 e. The van der Waals surface area contributed by atoms with Crippen LogP contribution in [0.15, 0.2) is 66.1 Å². The second-order valence-electron chi connectivity index (χ2n) is 6.45. The van der Waals surface area contributed by atoms with Crippen LogP contribution in [0.2, 0.25) is 0 Å². The van der Waals surface area contributed by atoms with Gasteiger partial charge in [0.2, 0.25) is 5.88 Å². The van der Waals surface area contributed by atoms with Gasteiger partial charge >= 0.3 is 0 Å². The Hall–Kier alpha value is -3.94. The molecule has 8 heteroatoms. The summed E-state index contributed by atoms with van der Waals surface area (Å²) in [7, 11) is 0. The number of nitrogens with one attached hydrogen (secondary N) is 3. The van der Waals surface area contributed by atoms with E-state index in [2.05, 4.69) is 25.5 Å². The molecular weight excluding hydrogens is 366 g/mol. The second kappa shape index (κ2) is 8.39. The number of benzene rings is 1. The van der Waals surface area contributed by atoms with Gasteiger partial charge in [-0.25, -0.2) is 9.98 Å². The quantitative estimate of drug-likeness (QED) is 0.464. The van der Waals surface area contributed by atoms with Gasteiger partial charge < -0.3 is 15.8 Å². The van der Waals surface area contributed by atoms with Crippen molar-refractivity contribution < 1.29 is 4.74 Å². The van der Waals surface area contributed by atoms with Gasteiger partial charge in [-0.2, -0.15) is 5.10 Å². The van der Waals surface area contributed by atoms with Crippen LogP contribution >= 0.6 is 0 Å². The number of nitrogens with two attached hydrogens (primary N) is 1. The van der Waals surface area contributed by atoms with Gasteiger partial charge in [0.1, 0.15) is 11.5 Å². The Labute approximate surface area is 168 Å². The van der Waals surface area contributed by atoms with Crippen molar-refractivity contribution in [1.29, 1.82) is 5.41 Å². The zero-order chi connectivity index (χ0) is 20.1. The zero-order valence-electron chi connectivity index (χ0n) is 15.7. The van der Waals surface area contributed by atoms with E-state index in [0.717, 1.165) is 28.9 Å². The van der Waals surface area contributed by atoms with Crippen LogP contribution in [0.25, 0.3) is 16.8 Å². The number of aromatic nitrogens is 3. The summed E-state index contributed by atoms with van der Waals surface area (Å²) in [6.45, 7) is 1.25. The lowest BCUT2D eigenvalue weighted by molar-refractivity contribution is 0.299. The monoisotopic (exact) mass is 387 g/mol. The van der Waals surface area contributed by atoms with Crippen LogP contribution in [-0.4, -0.2) is 39.9 Å². The Bertz CT molecular complexity index is 1060. The van der Waals surface area contributed by atoms with Crippen LogP contribution < -0.4 is 15.8 Å². The Morgan fingerprint density at radius 2 is 2.14 bits per heavy atom. The maximum absolute atomic E-state index is 8.29. The van der Waals surface area contributed by atoms with E-state index in [-0.39, 0.29) is 11.5 Å². The highest BCUT2D eigenvalue weighted by Crippen LogP contribution is 2.34. The first-order valence-electron chi connectivity index (χ1n) is 9.28. The molecule has 2 aromatic heterocycles. The molecule has 1 aliphatic rings. The molecule has 0 saturated heterocycles. The molecule has 0 spiro atoms. The van der Waals surface area contributed by atoms with Crippen LogP contribution in [0.1, 0.15) is 12.0 Å². The highest BCUT2D eigenvalue weighted by molar-refractivity contribution is 6.57. The standard InChI is InChI=1S/C21H21N7O/c22-20-16(13-24-8-3-11-29-19-4-1-2-9-25-19)15-6-5-14(17-7-10-26-28-17)12-18(15)27-21(20)23/h1-2,4-7,9-10,12-13,22,24H,3,8,11H2,(H2,23,27)(H,26,28)/b16-13-,22-20?. The Kier molecular flexibility index (Phi) is 5.33. The first-order valence-corrected chi connectivity index (χ1v) is 9.28. The van der Waals surface area contributed by atoms with Gasteiger partial charge in [-0.1, -0.05) is 18.2 Å². The second-order valence-corrected chi connectivity index (χ2v) is 6.45. The molecule has 4 rings (SSSR count). The highest BCUT2D eigenvalue weighted by atomic mass is 16.5. The number of rotatable bonds is 7. The highest BCUT2D eigenvalue weighted by Gasteiger charge is 2.21. The van der Waals surface area contributed by atoms with Crippen molar-refractivity contribution in [2.24, 2.45) is 10.7 Å². The number of hydrogen-bond acceptors (Lipinski definition) is 7. The van der Waals surface area contributed by atoms with E-state index in [4.69, 9.17) is 15.9 Å². The molecule has 146 valence electrons. The summed E-state index contributed by atoms with van der Waals surface area (Å²) in [5, 5.41) is 18.5. The third kappa shape index (κ3) is 4.16. The lowest BCUT2D eigenvalue weighted by atomic mass is 9.95. The van der Waals surface area contributed by atoms with E-state index in [1.807, 2.05) is 48.7 Å². The van der Waals surface area contributed by atoms with Gasteiger partial charge in [-0.05, 0) is 24.6 Å². The summed E-state index contributed by atoms with van der Waals surface area (Å²) < 4.78 is 5.58. The molecule has 5 N–H and O–H groups in total. The van der Waals surface area contributed by atoms with E-state index in [9.17, 15) is 0 Å². The number of fused-ring (bicyclic) bond motifs is 1. The lowest BCUT2D eigenvalue weighted by Gasteiger charge is -2.18. The molecule has 3 heterocycles. The van der Waals surface area contributed by atoms with Crippen LogP contribution in [0, 0.1) is 5.41 Å². The zero-order valence-corrected chi connectivity index (χ0v) is 15.7. The normalized spacial score (nSPS) is 14.4. The number of aromatic amines is 1. The number of hydrogen-bond donors (Lipinski definition) is 4. The fraction of sp³-hybridized carbons (Fsp3) is 0.143. The summed E-state index contributed by atoms with van der Waals surface area (Å²) in [6, 6.07) is 13.3. The molecule has 3 aromatic rings. The van der Waals surface area contributed by atoms with Gasteiger partial charge in [0.15, 0.2) is 0 Å². The molecule has 1 aromatic carbocycles. The molecule has 0 aliphatic carbocycles.